The first-order valence-electron chi connectivity index (χ1n) is 18.6. The van der Waals surface area contributed by atoms with Gasteiger partial charge in [-0.25, -0.2) is 4.68 Å². The van der Waals surface area contributed by atoms with Crippen molar-refractivity contribution in [2.75, 3.05) is 25.2 Å². The number of benzene rings is 4. The number of ether oxygens (including phenoxy) is 2. The summed E-state index contributed by atoms with van der Waals surface area (Å²) < 4.78 is 15.1. The van der Waals surface area contributed by atoms with Crippen molar-refractivity contribution in [3.63, 3.8) is 0 Å². The van der Waals surface area contributed by atoms with Gasteiger partial charge in [-0.05, 0) is 78.5 Å². The monoisotopic (exact) mass is 808 g/mol. The van der Waals surface area contributed by atoms with E-state index in [1.165, 1.54) is 9.87 Å². The summed E-state index contributed by atoms with van der Waals surface area (Å²) in [5.41, 5.74) is 2.22. The number of amides is 2. The summed E-state index contributed by atoms with van der Waals surface area (Å²) in [6.45, 7) is 7.52. The maximum Gasteiger partial charge on any atom is 0.279 e. The number of hydrogen-bond acceptors (Lipinski definition) is 6. The van der Waals surface area contributed by atoms with Gasteiger partial charge in [0.25, 0.3) is 11.5 Å². The quantitative estimate of drug-likeness (QED) is 0.171. The normalized spacial score (nSPS) is 23.9. The fourth-order valence-corrected chi connectivity index (χ4v) is 13.9. The molecule has 8 rings (SSSR count). The molecule has 5 atom stereocenters. The Morgan fingerprint density at radius 1 is 1.04 bits per heavy atom. The SMILES string of the molecule is COc1ccc([Si](C)(C)[C@H]2[C@H](CC(=O)N3CCC[C@H]3CO)O[C@@]3(C(=O)N(Cc4cccc(-n5[nH]c6ccccc6c5=O)c4)c4ccc(Br)cc43)[C@@H]2C)cc1. The molecule has 2 saturated heterocycles. The lowest BCUT2D eigenvalue weighted by atomic mass is 9.82. The third-order valence-electron chi connectivity index (χ3n) is 12.2. The number of aromatic amines is 1. The number of aliphatic hydroxyl groups is 1. The van der Waals surface area contributed by atoms with Crippen LogP contribution in [-0.2, 0) is 26.5 Å². The number of hydrogen-bond donors (Lipinski definition) is 2. The Hall–Kier alpha value is -4.49. The molecule has 2 N–H and O–H groups in total. The molecule has 4 heterocycles. The molecule has 12 heteroatoms. The molecule has 280 valence electrons. The largest absolute Gasteiger partial charge is 0.497 e. The highest BCUT2D eigenvalue weighted by Gasteiger charge is 2.66. The van der Waals surface area contributed by atoms with Crippen molar-refractivity contribution in [3.05, 3.63) is 117 Å². The number of para-hydroxylation sites is 1. The predicted octanol–water partition coefficient (Wildman–Crippen LogP) is 6.23. The molecule has 2 fully saturated rings. The Morgan fingerprint density at radius 2 is 1.81 bits per heavy atom. The summed E-state index contributed by atoms with van der Waals surface area (Å²) >= 11 is 3.69. The molecule has 0 unspecified atom stereocenters. The zero-order valence-electron chi connectivity index (χ0n) is 30.9. The molecule has 4 aromatic carbocycles. The first kappa shape index (κ1) is 36.5. The van der Waals surface area contributed by atoms with Crippen molar-refractivity contribution >= 4 is 57.6 Å². The second-order valence-electron chi connectivity index (χ2n) is 15.4. The summed E-state index contributed by atoms with van der Waals surface area (Å²) in [5.74, 6) is 0.273. The van der Waals surface area contributed by atoms with Crippen molar-refractivity contribution in [2.45, 2.75) is 69.1 Å². The molecule has 54 heavy (non-hydrogen) atoms. The Balaban J connectivity index is 1.19. The Morgan fingerprint density at radius 3 is 2.56 bits per heavy atom. The van der Waals surface area contributed by atoms with Crippen molar-refractivity contribution in [1.82, 2.24) is 14.7 Å². The van der Waals surface area contributed by atoms with Gasteiger partial charge in [-0.1, -0.05) is 77.5 Å². The predicted molar refractivity (Wildman–Crippen MR) is 215 cm³/mol. The van der Waals surface area contributed by atoms with Crippen molar-refractivity contribution in [3.8, 4) is 11.4 Å². The van der Waals surface area contributed by atoms with Crippen LogP contribution in [0, 0.1) is 5.92 Å². The van der Waals surface area contributed by atoms with Gasteiger partial charge in [0.15, 0.2) is 5.60 Å². The number of aliphatic hydroxyl groups excluding tert-OH is 1. The number of rotatable bonds is 9. The summed E-state index contributed by atoms with van der Waals surface area (Å²) in [6, 6.07) is 29.0. The van der Waals surface area contributed by atoms with Crippen LogP contribution < -0.4 is 20.4 Å². The molecule has 0 bridgehead atoms. The van der Waals surface area contributed by atoms with E-state index in [9.17, 15) is 14.7 Å². The van der Waals surface area contributed by atoms with Gasteiger partial charge in [-0.15, -0.1) is 0 Å². The van der Waals surface area contributed by atoms with Crippen LogP contribution in [-0.4, -0.2) is 72.1 Å². The van der Waals surface area contributed by atoms with Gasteiger partial charge in [0.2, 0.25) is 5.91 Å². The number of carbonyl (C=O) groups is 2. The van der Waals surface area contributed by atoms with E-state index in [1.807, 2.05) is 72.8 Å². The number of nitrogens with one attached hydrogen (secondary N) is 1. The lowest BCUT2D eigenvalue weighted by Crippen LogP contribution is -2.52. The van der Waals surface area contributed by atoms with Gasteiger partial charge in [0.1, 0.15) is 5.75 Å². The zero-order chi connectivity index (χ0) is 37.9. The van der Waals surface area contributed by atoms with Gasteiger partial charge in [-0.3, -0.25) is 19.5 Å². The van der Waals surface area contributed by atoms with Crippen molar-refractivity contribution in [1.29, 1.82) is 0 Å². The fraction of sp³-hybridized carbons (Fsp3) is 0.357. The van der Waals surface area contributed by atoms with Crippen LogP contribution in [0.5, 0.6) is 5.75 Å². The maximum atomic E-state index is 15.3. The number of anilines is 1. The van der Waals surface area contributed by atoms with E-state index in [-0.39, 0.29) is 54.4 Å². The summed E-state index contributed by atoms with van der Waals surface area (Å²) in [7, 11) is -0.826. The first-order chi connectivity index (χ1) is 26.0. The highest BCUT2D eigenvalue weighted by Crippen LogP contribution is 2.60. The summed E-state index contributed by atoms with van der Waals surface area (Å²) in [5, 5.41) is 15.1. The minimum Gasteiger partial charge on any atom is -0.497 e. The average molecular weight is 810 g/mol. The number of carbonyl (C=O) groups excluding carboxylic acids is 2. The van der Waals surface area contributed by atoms with Crippen molar-refractivity contribution < 1.29 is 24.2 Å². The Labute approximate surface area is 323 Å². The highest BCUT2D eigenvalue weighted by atomic mass is 79.9. The van der Waals surface area contributed by atoms with Gasteiger partial charge in [0.05, 0.1) is 69.2 Å². The number of methoxy groups -OCH3 is 1. The second-order valence-corrected chi connectivity index (χ2v) is 21.1. The van der Waals surface area contributed by atoms with Crippen LogP contribution in [0.4, 0.5) is 5.69 Å². The summed E-state index contributed by atoms with van der Waals surface area (Å²) in [6.07, 6.45) is 1.21. The maximum absolute atomic E-state index is 15.3. The third kappa shape index (κ3) is 5.85. The highest BCUT2D eigenvalue weighted by molar-refractivity contribution is 9.10. The number of halogens is 1. The molecular formula is C42H45BrN4O6Si. The van der Waals surface area contributed by atoms with Crippen LogP contribution in [0.1, 0.15) is 37.3 Å². The van der Waals surface area contributed by atoms with E-state index in [2.05, 4.69) is 53.2 Å². The molecule has 0 aliphatic carbocycles. The van der Waals surface area contributed by atoms with Crippen LogP contribution >= 0.6 is 15.9 Å². The second kappa shape index (κ2) is 14.0. The molecule has 1 spiro atoms. The molecule has 3 aliphatic heterocycles. The van der Waals surface area contributed by atoms with Gasteiger partial charge >= 0.3 is 0 Å². The van der Waals surface area contributed by atoms with E-state index in [0.29, 0.717) is 17.6 Å². The van der Waals surface area contributed by atoms with Crippen LogP contribution in [0.2, 0.25) is 18.6 Å². The smallest absolute Gasteiger partial charge is 0.279 e. The van der Waals surface area contributed by atoms with Crippen molar-refractivity contribution in [2.24, 2.45) is 5.92 Å². The van der Waals surface area contributed by atoms with E-state index in [0.717, 1.165) is 45.4 Å². The molecule has 1 aromatic heterocycles. The molecule has 0 radical (unpaired) electrons. The number of aromatic nitrogens is 2. The van der Waals surface area contributed by atoms with Gasteiger partial charge in [-0.2, -0.15) is 0 Å². The molecular weight excluding hydrogens is 764 g/mol. The molecule has 0 saturated carbocycles. The van der Waals surface area contributed by atoms with E-state index in [4.69, 9.17) is 9.47 Å². The fourth-order valence-electron chi connectivity index (χ4n) is 9.50. The topological polar surface area (TPSA) is 117 Å². The standard InChI is InChI=1S/C42H45BrN4O6Si/c1-26-39(54(3,4)32-17-15-31(52-2)16-18-32)37(23-38(49)45-20-8-11-30(45)25-48)53-42(26)34-22-28(43)14-19-36(34)46(41(42)51)24-27-9-7-10-29(21-27)47-40(50)33-12-5-6-13-35(33)44-47/h5-7,9-10,12-19,21-22,26,30,37,39,44,48H,8,11,20,23-25H2,1-4H3/t26-,30+,37+,39-,42+/m1/s1. The lowest BCUT2D eigenvalue weighted by molar-refractivity contribution is -0.150. The van der Waals surface area contributed by atoms with E-state index in [1.54, 1.807) is 23.0 Å². The minimum absolute atomic E-state index is 0.0499. The molecule has 10 nitrogen and oxygen atoms in total. The average Bonchev–Trinajstić information content (AvgIpc) is 3.92. The first-order valence-corrected chi connectivity index (χ1v) is 22.5. The third-order valence-corrected chi connectivity index (χ3v) is 17.0. The minimum atomic E-state index is -2.48. The number of nitrogens with zero attached hydrogens (tertiary/aromatic N) is 3. The Bertz CT molecular complexity index is 2310. The molecule has 2 amide bonds. The lowest BCUT2D eigenvalue weighted by Gasteiger charge is -2.37. The number of H-pyrrole nitrogens is 1. The van der Waals surface area contributed by atoms with Crippen LogP contribution in [0.25, 0.3) is 16.6 Å². The molecule has 3 aliphatic rings. The van der Waals surface area contributed by atoms with Crippen LogP contribution in [0.15, 0.2) is 100 Å². The zero-order valence-corrected chi connectivity index (χ0v) is 33.5. The van der Waals surface area contributed by atoms with E-state index >= 15 is 4.79 Å². The van der Waals surface area contributed by atoms with Crippen LogP contribution in [0.3, 0.4) is 0 Å². The Kier molecular flexibility index (Phi) is 9.44. The van der Waals surface area contributed by atoms with Gasteiger partial charge < -0.3 is 24.4 Å². The summed E-state index contributed by atoms with van der Waals surface area (Å²) in [4.78, 5) is 46.3. The molecule has 5 aromatic rings. The number of fused-ring (bicyclic) bond motifs is 3. The van der Waals surface area contributed by atoms with E-state index < -0.39 is 19.8 Å². The number of likely N-dealkylation sites (tertiary alicyclic amines) is 1. The van der Waals surface area contributed by atoms with Gasteiger partial charge in [0, 0.05) is 22.5 Å².